The average molecular weight is 397 g/mol. The van der Waals surface area contributed by atoms with Crippen LogP contribution in [0.5, 0.6) is 5.75 Å². The number of methoxy groups -OCH3 is 1. The summed E-state index contributed by atoms with van der Waals surface area (Å²) in [5, 5.41) is 11.9. The molecule has 4 aliphatic rings. The maximum absolute atomic E-state index is 5.52. The van der Waals surface area contributed by atoms with Crippen LogP contribution < -0.4 is 15.4 Å². The van der Waals surface area contributed by atoms with Crippen molar-refractivity contribution >= 4 is 28.8 Å². The predicted molar refractivity (Wildman–Crippen MR) is 116 cm³/mol. The normalized spacial score (nSPS) is 30.3. The molecule has 0 saturated heterocycles. The Labute approximate surface area is 171 Å². The van der Waals surface area contributed by atoms with E-state index in [1.54, 1.807) is 7.11 Å². The SMILES string of the molecule is COc1ccc(C)cc1NC(=S)Nc1ccn(C23CC4CC(CC(C4)C2)C3)n1. The van der Waals surface area contributed by atoms with E-state index in [0.717, 1.165) is 40.6 Å². The summed E-state index contributed by atoms with van der Waals surface area (Å²) >= 11 is 5.52. The number of anilines is 2. The van der Waals surface area contributed by atoms with Crippen LogP contribution in [0.25, 0.3) is 0 Å². The first-order valence-corrected chi connectivity index (χ1v) is 10.7. The topological polar surface area (TPSA) is 51.1 Å². The summed E-state index contributed by atoms with van der Waals surface area (Å²) in [6.45, 7) is 2.05. The van der Waals surface area contributed by atoms with Crippen molar-refractivity contribution in [1.82, 2.24) is 9.78 Å². The molecule has 0 atom stereocenters. The van der Waals surface area contributed by atoms with E-state index < -0.39 is 0 Å². The van der Waals surface area contributed by atoms with Gasteiger partial charge in [0.2, 0.25) is 0 Å². The van der Waals surface area contributed by atoms with E-state index in [0.29, 0.717) is 5.11 Å². The van der Waals surface area contributed by atoms with Gasteiger partial charge in [-0.15, -0.1) is 0 Å². The maximum Gasteiger partial charge on any atom is 0.176 e. The fraction of sp³-hybridized carbons (Fsp3) is 0.545. The summed E-state index contributed by atoms with van der Waals surface area (Å²) in [6, 6.07) is 8.04. The van der Waals surface area contributed by atoms with E-state index in [1.807, 2.05) is 31.2 Å². The number of hydrogen-bond donors (Lipinski definition) is 2. The van der Waals surface area contributed by atoms with Crippen molar-refractivity contribution in [2.75, 3.05) is 17.7 Å². The minimum atomic E-state index is 0.240. The third-order valence-electron chi connectivity index (χ3n) is 6.93. The molecule has 2 N–H and O–H groups in total. The van der Waals surface area contributed by atoms with Gasteiger partial charge in [-0.25, -0.2) is 0 Å². The van der Waals surface area contributed by atoms with Crippen LogP contribution in [0.15, 0.2) is 30.5 Å². The quantitative estimate of drug-likeness (QED) is 0.718. The van der Waals surface area contributed by atoms with Gasteiger partial charge in [-0.3, -0.25) is 4.68 Å². The molecule has 2 aromatic rings. The van der Waals surface area contributed by atoms with Crippen LogP contribution in [0.4, 0.5) is 11.5 Å². The van der Waals surface area contributed by atoms with Crippen molar-refractivity contribution in [2.24, 2.45) is 17.8 Å². The van der Waals surface area contributed by atoms with E-state index >= 15 is 0 Å². The van der Waals surface area contributed by atoms with Gasteiger partial charge in [-0.1, -0.05) is 6.07 Å². The van der Waals surface area contributed by atoms with E-state index in [9.17, 15) is 0 Å². The van der Waals surface area contributed by atoms with Crippen molar-refractivity contribution in [1.29, 1.82) is 0 Å². The second kappa shape index (κ2) is 6.76. The predicted octanol–water partition coefficient (Wildman–Crippen LogP) is 4.93. The van der Waals surface area contributed by atoms with Crippen LogP contribution in [0.1, 0.15) is 44.1 Å². The van der Waals surface area contributed by atoms with Crippen LogP contribution in [0.3, 0.4) is 0 Å². The first-order valence-electron chi connectivity index (χ1n) is 10.3. The Morgan fingerprint density at radius 2 is 1.79 bits per heavy atom. The van der Waals surface area contributed by atoms with Gasteiger partial charge in [-0.2, -0.15) is 5.10 Å². The van der Waals surface area contributed by atoms with Crippen LogP contribution in [-0.2, 0) is 5.54 Å². The van der Waals surface area contributed by atoms with Gasteiger partial charge in [0.25, 0.3) is 0 Å². The second-order valence-electron chi connectivity index (χ2n) is 9.07. The summed E-state index contributed by atoms with van der Waals surface area (Å²) in [6.07, 6.45) is 10.4. The molecular formula is C22H28N4OS. The van der Waals surface area contributed by atoms with Crippen molar-refractivity contribution < 1.29 is 4.74 Å². The molecule has 6 heteroatoms. The minimum absolute atomic E-state index is 0.240. The molecule has 5 nitrogen and oxygen atoms in total. The monoisotopic (exact) mass is 396 g/mol. The molecule has 148 valence electrons. The molecule has 6 rings (SSSR count). The van der Waals surface area contributed by atoms with Crippen LogP contribution in [0.2, 0.25) is 0 Å². The van der Waals surface area contributed by atoms with Gasteiger partial charge < -0.3 is 15.4 Å². The molecule has 0 aliphatic heterocycles. The van der Waals surface area contributed by atoms with Crippen LogP contribution in [0, 0.1) is 24.7 Å². The van der Waals surface area contributed by atoms with E-state index in [1.165, 1.54) is 38.5 Å². The number of aryl methyl sites for hydroxylation is 1. The van der Waals surface area contributed by atoms with Crippen molar-refractivity contribution in [2.45, 2.75) is 51.0 Å². The first kappa shape index (κ1) is 18.0. The van der Waals surface area contributed by atoms with Gasteiger partial charge in [0, 0.05) is 12.3 Å². The first-order chi connectivity index (χ1) is 13.5. The number of nitrogens with zero attached hydrogens (tertiary/aromatic N) is 2. The lowest BCUT2D eigenvalue weighted by atomic mass is 9.53. The van der Waals surface area contributed by atoms with Gasteiger partial charge in [0.05, 0.1) is 18.3 Å². The van der Waals surface area contributed by atoms with Gasteiger partial charge in [-0.05, 0) is 93.1 Å². The molecule has 0 amide bonds. The number of hydrogen-bond acceptors (Lipinski definition) is 3. The lowest BCUT2D eigenvalue weighted by molar-refractivity contribution is -0.0492. The molecular weight excluding hydrogens is 368 g/mol. The third kappa shape index (κ3) is 3.17. The van der Waals surface area contributed by atoms with E-state index in [2.05, 4.69) is 21.5 Å². The highest BCUT2D eigenvalue weighted by Crippen LogP contribution is 2.58. The Balaban J connectivity index is 1.30. The molecule has 4 fully saturated rings. The largest absolute Gasteiger partial charge is 0.495 e. The molecule has 4 saturated carbocycles. The molecule has 4 aliphatic carbocycles. The molecule has 28 heavy (non-hydrogen) atoms. The highest BCUT2D eigenvalue weighted by Gasteiger charge is 2.52. The zero-order valence-corrected chi connectivity index (χ0v) is 17.4. The van der Waals surface area contributed by atoms with Crippen LogP contribution in [-0.4, -0.2) is 22.0 Å². The Bertz CT molecular complexity index is 870. The van der Waals surface area contributed by atoms with Gasteiger partial charge >= 0.3 is 0 Å². The lowest BCUT2D eigenvalue weighted by Gasteiger charge is -2.56. The fourth-order valence-electron chi connectivity index (χ4n) is 6.19. The van der Waals surface area contributed by atoms with Crippen molar-refractivity contribution in [3.05, 3.63) is 36.0 Å². The van der Waals surface area contributed by atoms with E-state index in [-0.39, 0.29) is 5.54 Å². The average Bonchev–Trinajstić information content (AvgIpc) is 3.10. The summed E-state index contributed by atoms with van der Waals surface area (Å²) in [5.41, 5.74) is 2.25. The highest BCUT2D eigenvalue weighted by atomic mass is 32.1. The summed E-state index contributed by atoms with van der Waals surface area (Å²) < 4.78 is 7.67. The second-order valence-corrected chi connectivity index (χ2v) is 9.48. The van der Waals surface area contributed by atoms with Crippen LogP contribution >= 0.6 is 12.2 Å². The number of nitrogens with one attached hydrogen (secondary N) is 2. The smallest absolute Gasteiger partial charge is 0.176 e. The lowest BCUT2D eigenvalue weighted by Crippen LogP contribution is -2.52. The van der Waals surface area contributed by atoms with Gasteiger partial charge in [0.15, 0.2) is 10.9 Å². The number of thiocarbonyl (C=S) groups is 1. The molecule has 1 heterocycles. The summed E-state index contributed by atoms with van der Waals surface area (Å²) in [5.74, 6) is 4.30. The standard InChI is InChI=1S/C22H28N4OS/c1-14-3-4-19(27-2)18(7-14)23-21(28)24-20-5-6-26(25-20)22-11-15-8-16(12-22)10-17(9-15)13-22/h3-7,15-17H,8-13H2,1-2H3,(H2,23,24,25,28). The third-order valence-corrected chi connectivity index (χ3v) is 7.13. The molecule has 1 aromatic heterocycles. The van der Waals surface area contributed by atoms with Crippen molar-refractivity contribution in [3.63, 3.8) is 0 Å². The Kier molecular flexibility index (Phi) is 4.34. The maximum atomic E-state index is 5.52. The number of benzene rings is 1. The van der Waals surface area contributed by atoms with Crippen molar-refractivity contribution in [3.8, 4) is 5.75 Å². The molecule has 4 bridgehead atoms. The minimum Gasteiger partial charge on any atom is -0.495 e. The van der Waals surface area contributed by atoms with E-state index in [4.69, 9.17) is 22.1 Å². The highest BCUT2D eigenvalue weighted by molar-refractivity contribution is 7.80. The zero-order chi connectivity index (χ0) is 19.3. The number of rotatable bonds is 4. The summed E-state index contributed by atoms with van der Waals surface area (Å²) in [4.78, 5) is 0. The summed E-state index contributed by atoms with van der Waals surface area (Å²) in [7, 11) is 1.67. The Hall–Kier alpha value is -2.08. The fourth-order valence-corrected chi connectivity index (χ4v) is 6.40. The molecule has 0 spiro atoms. The Morgan fingerprint density at radius 1 is 1.11 bits per heavy atom. The molecule has 0 unspecified atom stereocenters. The Morgan fingerprint density at radius 3 is 2.43 bits per heavy atom. The zero-order valence-electron chi connectivity index (χ0n) is 16.6. The van der Waals surface area contributed by atoms with Gasteiger partial charge in [0.1, 0.15) is 5.75 Å². The molecule has 1 aromatic carbocycles. The molecule has 0 radical (unpaired) electrons. The number of ether oxygens (including phenoxy) is 1. The number of aromatic nitrogens is 2.